The molecule has 0 saturated carbocycles. The van der Waals surface area contributed by atoms with E-state index in [2.05, 4.69) is 0 Å². The smallest absolute Gasteiger partial charge is 0.372 e. The summed E-state index contributed by atoms with van der Waals surface area (Å²) in [5.74, 6) is -1.08. The van der Waals surface area contributed by atoms with Crippen LogP contribution in [0.15, 0.2) is 22.6 Å². The Bertz CT molecular complexity index is 513. The van der Waals surface area contributed by atoms with E-state index >= 15 is 0 Å². The van der Waals surface area contributed by atoms with E-state index in [1.807, 2.05) is 0 Å². The van der Waals surface area contributed by atoms with Gasteiger partial charge in [-0.15, -0.1) is 0 Å². The van der Waals surface area contributed by atoms with Crippen molar-refractivity contribution >= 4 is 22.6 Å². The highest BCUT2D eigenvalue weighted by Crippen LogP contribution is 2.26. The third-order valence-electron chi connectivity index (χ3n) is 2.16. The first-order valence-electron chi connectivity index (χ1n) is 4.11. The largest absolute Gasteiger partial charge is 0.475 e. The summed E-state index contributed by atoms with van der Waals surface area (Å²) in [5, 5.41) is 9.60. The van der Waals surface area contributed by atoms with Gasteiger partial charge in [0.2, 0.25) is 5.76 Å². The van der Waals surface area contributed by atoms with Gasteiger partial charge < -0.3 is 15.3 Å². The minimum absolute atomic E-state index is 0.0226. The normalized spacial score (nSPS) is 10.6. The molecule has 1 aromatic carbocycles. The van der Waals surface area contributed by atoms with Crippen LogP contribution >= 0.6 is 0 Å². The second-order valence-corrected chi connectivity index (χ2v) is 3.12. The highest BCUT2D eigenvalue weighted by atomic mass is 16.4. The molecule has 4 nitrogen and oxygen atoms in total. The predicted octanol–water partition coefficient (Wildman–Crippen LogP) is 2.02. The van der Waals surface area contributed by atoms with Gasteiger partial charge in [0.05, 0.1) is 0 Å². The number of anilines is 1. The molecule has 0 unspecified atom stereocenters. The monoisotopic (exact) mass is 191 g/mol. The first-order chi connectivity index (χ1) is 6.59. The summed E-state index contributed by atoms with van der Waals surface area (Å²) < 4.78 is 5.16. The van der Waals surface area contributed by atoms with Gasteiger partial charge in [-0.25, -0.2) is 4.79 Å². The van der Waals surface area contributed by atoms with E-state index in [1.54, 1.807) is 25.1 Å². The zero-order valence-electron chi connectivity index (χ0n) is 7.57. The average molecular weight is 191 g/mol. The van der Waals surface area contributed by atoms with Gasteiger partial charge >= 0.3 is 5.97 Å². The number of carboxylic acid groups (broad SMARTS) is 1. The zero-order chi connectivity index (χ0) is 10.3. The molecule has 3 N–H and O–H groups in total. The highest BCUT2D eigenvalue weighted by molar-refractivity contribution is 5.95. The number of nitrogens with two attached hydrogens (primary N) is 1. The van der Waals surface area contributed by atoms with Crippen LogP contribution in [0.5, 0.6) is 0 Å². The summed E-state index contributed by atoms with van der Waals surface area (Å²) >= 11 is 0. The molecule has 72 valence electrons. The summed E-state index contributed by atoms with van der Waals surface area (Å²) in [7, 11) is 0. The number of carbonyl (C=O) groups is 1. The Balaban J connectivity index is 2.79. The van der Waals surface area contributed by atoms with Crippen molar-refractivity contribution in [1.29, 1.82) is 0 Å². The quantitative estimate of drug-likeness (QED) is 0.676. The summed E-state index contributed by atoms with van der Waals surface area (Å²) in [4.78, 5) is 10.8. The molecule has 1 aromatic heterocycles. The van der Waals surface area contributed by atoms with Crippen LogP contribution < -0.4 is 5.73 Å². The molecule has 0 spiro atoms. The molecule has 0 bridgehead atoms. The molecular weight excluding hydrogens is 182 g/mol. The van der Waals surface area contributed by atoms with E-state index in [4.69, 9.17) is 15.3 Å². The molecule has 0 aliphatic heterocycles. The Morgan fingerprint density at radius 3 is 2.86 bits per heavy atom. The fourth-order valence-corrected chi connectivity index (χ4v) is 1.45. The molecule has 0 amide bonds. The molecule has 0 radical (unpaired) electrons. The van der Waals surface area contributed by atoms with Crippen LogP contribution in [0.4, 0.5) is 5.69 Å². The Labute approximate surface area is 79.9 Å². The Hall–Kier alpha value is -1.97. The number of furan rings is 1. The summed E-state index contributed by atoms with van der Waals surface area (Å²) in [6.07, 6.45) is 0. The number of aryl methyl sites for hydroxylation is 1. The lowest BCUT2D eigenvalue weighted by Gasteiger charge is -1.91. The summed E-state index contributed by atoms with van der Waals surface area (Å²) in [6, 6.07) is 5.10. The SMILES string of the molecule is Cc1c(C(=O)O)oc2cc(N)ccc12. The summed E-state index contributed by atoms with van der Waals surface area (Å²) in [6.45, 7) is 1.71. The van der Waals surface area contributed by atoms with Crippen LogP contribution in [-0.4, -0.2) is 11.1 Å². The third-order valence-corrected chi connectivity index (χ3v) is 2.16. The van der Waals surface area contributed by atoms with Crippen LogP contribution in [0, 0.1) is 6.92 Å². The van der Waals surface area contributed by atoms with E-state index in [0.29, 0.717) is 16.8 Å². The van der Waals surface area contributed by atoms with Crippen molar-refractivity contribution in [3.63, 3.8) is 0 Å². The maximum Gasteiger partial charge on any atom is 0.372 e. The molecule has 0 aliphatic carbocycles. The van der Waals surface area contributed by atoms with Crippen molar-refractivity contribution < 1.29 is 14.3 Å². The number of nitrogen functional groups attached to an aromatic ring is 1. The van der Waals surface area contributed by atoms with Crippen molar-refractivity contribution in [3.05, 3.63) is 29.5 Å². The van der Waals surface area contributed by atoms with Crippen LogP contribution in [0.3, 0.4) is 0 Å². The number of fused-ring (bicyclic) bond motifs is 1. The van der Waals surface area contributed by atoms with E-state index in [1.165, 1.54) is 0 Å². The molecule has 2 rings (SSSR count). The van der Waals surface area contributed by atoms with Gasteiger partial charge in [0.25, 0.3) is 0 Å². The molecule has 0 aliphatic rings. The van der Waals surface area contributed by atoms with E-state index in [-0.39, 0.29) is 5.76 Å². The predicted molar refractivity (Wildman–Crippen MR) is 52.3 cm³/mol. The lowest BCUT2D eigenvalue weighted by atomic mass is 10.1. The fourth-order valence-electron chi connectivity index (χ4n) is 1.45. The van der Waals surface area contributed by atoms with Crippen molar-refractivity contribution in [2.75, 3.05) is 5.73 Å². The number of hydrogen-bond acceptors (Lipinski definition) is 3. The third kappa shape index (κ3) is 1.12. The van der Waals surface area contributed by atoms with E-state index in [0.717, 1.165) is 5.39 Å². The molecule has 4 heteroatoms. The second kappa shape index (κ2) is 2.77. The number of benzene rings is 1. The lowest BCUT2D eigenvalue weighted by Crippen LogP contribution is -1.94. The standard InChI is InChI=1S/C10H9NO3/c1-5-7-3-2-6(11)4-8(7)14-9(5)10(12)13/h2-4H,11H2,1H3,(H,12,13). The Morgan fingerprint density at radius 1 is 1.50 bits per heavy atom. The van der Waals surface area contributed by atoms with Gasteiger partial charge in [0, 0.05) is 22.7 Å². The van der Waals surface area contributed by atoms with Crippen molar-refractivity contribution in [2.45, 2.75) is 6.92 Å². The van der Waals surface area contributed by atoms with Crippen molar-refractivity contribution in [1.82, 2.24) is 0 Å². The molecule has 0 fully saturated rings. The minimum atomic E-state index is -1.06. The molecule has 14 heavy (non-hydrogen) atoms. The first-order valence-corrected chi connectivity index (χ1v) is 4.11. The van der Waals surface area contributed by atoms with Crippen molar-refractivity contribution in [2.24, 2.45) is 0 Å². The van der Waals surface area contributed by atoms with Gasteiger partial charge in [-0.1, -0.05) is 0 Å². The van der Waals surface area contributed by atoms with Crippen LogP contribution in [0.25, 0.3) is 11.0 Å². The molecule has 1 heterocycles. The van der Waals surface area contributed by atoms with Gasteiger partial charge in [0.1, 0.15) is 5.58 Å². The van der Waals surface area contributed by atoms with Crippen LogP contribution in [0.2, 0.25) is 0 Å². The zero-order valence-corrected chi connectivity index (χ0v) is 7.57. The summed E-state index contributed by atoms with van der Waals surface area (Å²) in [5.41, 5.74) is 7.26. The van der Waals surface area contributed by atoms with Gasteiger partial charge in [-0.05, 0) is 19.1 Å². The Morgan fingerprint density at radius 2 is 2.21 bits per heavy atom. The maximum atomic E-state index is 10.8. The molecule has 0 atom stereocenters. The first kappa shape index (κ1) is 8.62. The van der Waals surface area contributed by atoms with Gasteiger partial charge in [-0.2, -0.15) is 0 Å². The number of rotatable bonds is 1. The number of hydrogen-bond donors (Lipinski definition) is 2. The van der Waals surface area contributed by atoms with Crippen molar-refractivity contribution in [3.8, 4) is 0 Å². The van der Waals surface area contributed by atoms with Crippen LogP contribution in [-0.2, 0) is 0 Å². The molecular formula is C10H9NO3. The average Bonchev–Trinajstić information content (AvgIpc) is 2.43. The molecule has 0 saturated heterocycles. The number of carboxylic acids is 1. The molecule has 2 aromatic rings. The maximum absolute atomic E-state index is 10.8. The Kier molecular flexibility index (Phi) is 1.70. The van der Waals surface area contributed by atoms with Gasteiger partial charge in [0.15, 0.2) is 0 Å². The highest BCUT2D eigenvalue weighted by Gasteiger charge is 2.15. The number of aromatic carboxylic acids is 1. The van der Waals surface area contributed by atoms with E-state index < -0.39 is 5.97 Å². The topological polar surface area (TPSA) is 76.5 Å². The minimum Gasteiger partial charge on any atom is -0.475 e. The second-order valence-electron chi connectivity index (χ2n) is 3.12. The van der Waals surface area contributed by atoms with Crippen LogP contribution in [0.1, 0.15) is 16.1 Å². The van der Waals surface area contributed by atoms with E-state index in [9.17, 15) is 4.79 Å². The lowest BCUT2D eigenvalue weighted by molar-refractivity contribution is 0.0664. The fraction of sp³-hybridized carbons (Fsp3) is 0.100. The van der Waals surface area contributed by atoms with Gasteiger partial charge in [-0.3, -0.25) is 0 Å².